The highest BCUT2D eigenvalue weighted by Crippen LogP contribution is 2.39. The first-order valence-corrected chi connectivity index (χ1v) is 8.96. The molecule has 1 aromatic carbocycles. The number of hydrogen-bond acceptors (Lipinski definition) is 5. The number of nitro groups is 1. The molecular formula is C17H20N2O5S. The number of amides is 1. The van der Waals surface area contributed by atoms with Gasteiger partial charge in [0.25, 0.3) is 5.69 Å². The van der Waals surface area contributed by atoms with Crippen molar-refractivity contribution in [3.8, 4) is 0 Å². The number of thioether (sulfide) groups is 1. The van der Waals surface area contributed by atoms with Gasteiger partial charge in [0, 0.05) is 24.3 Å². The number of rotatable bonds is 9. The van der Waals surface area contributed by atoms with E-state index in [0.717, 1.165) is 0 Å². The molecule has 3 atom stereocenters. The van der Waals surface area contributed by atoms with E-state index in [4.69, 9.17) is 0 Å². The SMILES string of the molecule is C=CCSC1C(CC)C(=O)N1C(Cc1ccc([N+](=O)[O-])cc1)C(=O)O. The summed E-state index contributed by atoms with van der Waals surface area (Å²) in [6.07, 6.45) is 2.50. The zero-order valence-corrected chi connectivity index (χ0v) is 14.6. The molecule has 3 unspecified atom stereocenters. The van der Waals surface area contributed by atoms with Gasteiger partial charge in [0.2, 0.25) is 5.91 Å². The number of carboxylic acid groups (broad SMARTS) is 1. The first-order valence-electron chi connectivity index (χ1n) is 7.91. The molecule has 1 aliphatic heterocycles. The van der Waals surface area contributed by atoms with Crippen molar-refractivity contribution in [1.82, 2.24) is 4.90 Å². The summed E-state index contributed by atoms with van der Waals surface area (Å²) in [6, 6.07) is 4.75. The second-order valence-electron chi connectivity index (χ2n) is 5.75. The van der Waals surface area contributed by atoms with Crippen molar-refractivity contribution in [2.24, 2.45) is 5.92 Å². The molecule has 134 valence electrons. The number of β-lactam (4-membered cyclic amide) rings is 1. The third kappa shape index (κ3) is 4.01. The van der Waals surface area contributed by atoms with Crippen molar-refractivity contribution < 1.29 is 19.6 Å². The number of hydrogen-bond donors (Lipinski definition) is 1. The van der Waals surface area contributed by atoms with Gasteiger partial charge >= 0.3 is 5.97 Å². The Labute approximate surface area is 149 Å². The van der Waals surface area contributed by atoms with E-state index in [1.807, 2.05) is 6.92 Å². The van der Waals surface area contributed by atoms with Crippen molar-refractivity contribution in [3.63, 3.8) is 0 Å². The molecule has 2 rings (SSSR count). The fraction of sp³-hybridized carbons (Fsp3) is 0.412. The lowest BCUT2D eigenvalue weighted by Crippen LogP contribution is -2.65. The Balaban J connectivity index is 2.18. The number of aliphatic carboxylic acids is 1. The minimum Gasteiger partial charge on any atom is -0.480 e. The van der Waals surface area contributed by atoms with Crippen molar-refractivity contribution in [1.29, 1.82) is 0 Å². The van der Waals surface area contributed by atoms with Crippen molar-refractivity contribution in [3.05, 3.63) is 52.6 Å². The first-order chi connectivity index (χ1) is 11.9. The molecule has 7 nitrogen and oxygen atoms in total. The fourth-order valence-electron chi connectivity index (χ4n) is 2.90. The lowest BCUT2D eigenvalue weighted by Gasteiger charge is -2.49. The maximum Gasteiger partial charge on any atom is 0.326 e. The van der Waals surface area contributed by atoms with E-state index in [9.17, 15) is 24.8 Å². The highest BCUT2D eigenvalue weighted by atomic mass is 32.2. The topological polar surface area (TPSA) is 101 Å². The summed E-state index contributed by atoms with van der Waals surface area (Å²) < 4.78 is 0. The van der Waals surface area contributed by atoms with Gasteiger partial charge in [-0.2, -0.15) is 0 Å². The number of carbonyl (C=O) groups excluding carboxylic acids is 1. The largest absolute Gasteiger partial charge is 0.480 e. The highest BCUT2D eigenvalue weighted by Gasteiger charge is 2.51. The molecule has 0 saturated carbocycles. The van der Waals surface area contributed by atoms with Gasteiger partial charge in [-0.05, 0) is 12.0 Å². The van der Waals surface area contributed by atoms with Gasteiger partial charge in [-0.25, -0.2) is 4.79 Å². The monoisotopic (exact) mass is 364 g/mol. The molecule has 0 radical (unpaired) electrons. The molecule has 1 amide bonds. The van der Waals surface area contributed by atoms with E-state index in [0.29, 0.717) is 17.7 Å². The van der Waals surface area contributed by atoms with Crippen LogP contribution in [0.3, 0.4) is 0 Å². The molecule has 1 aromatic rings. The van der Waals surface area contributed by atoms with Crippen LogP contribution >= 0.6 is 11.8 Å². The second-order valence-corrected chi connectivity index (χ2v) is 6.90. The summed E-state index contributed by atoms with van der Waals surface area (Å²) >= 11 is 1.50. The van der Waals surface area contributed by atoms with E-state index in [2.05, 4.69) is 6.58 Å². The number of carboxylic acids is 1. The number of nitrogens with zero attached hydrogens (tertiary/aromatic N) is 2. The molecule has 0 spiro atoms. The minimum atomic E-state index is -1.08. The molecule has 25 heavy (non-hydrogen) atoms. The van der Waals surface area contributed by atoms with Gasteiger partial charge in [-0.15, -0.1) is 18.3 Å². The van der Waals surface area contributed by atoms with Crippen LogP contribution in [0.4, 0.5) is 5.69 Å². The Hall–Kier alpha value is -2.35. The van der Waals surface area contributed by atoms with Gasteiger partial charge in [-0.3, -0.25) is 14.9 Å². The van der Waals surface area contributed by atoms with Crippen molar-refractivity contribution >= 4 is 29.3 Å². The Morgan fingerprint density at radius 1 is 1.48 bits per heavy atom. The fourth-order valence-corrected chi connectivity index (χ4v) is 4.19. The van der Waals surface area contributed by atoms with E-state index in [1.54, 1.807) is 6.08 Å². The summed E-state index contributed by atoms with van der Waals surface area (Å²) in [6.45, 7) is 5.57. The van der Waals surface area contributed by atoms with Crippen LogP contribution in [0.2, 0.25) is 0 Å². The molecule has 1 aliphatic rings. The first kappa shape index (κ1) is 19.0. The lowest BCUT2D eigenvalue weighted by molar-refractivity contribution is -0.384. The molecule has 1 heterocycles. The third-order valence-corrected chi connectivity index (χ3v) is 5.54. The van der Waals surface area contributed by atoms with E-state index in [-0.39, 0.29) is 29.3 Å². The predicted octanol–water partition coefficient (Wildman–Crippen LogP) is 2.70. The second kappa shape index (κ2) is 8.15. The Morgan fingerprint density at radius 2 is 2.12 bits per heavy atom. The maximum absolute atomic E-state index is 12.4. The zero-order valence-electron chi connectivity index (χ0n) is 13.8. The van der Waals surface area contributed by atoms with Crippen LogP contribution in [-0.4, -0.2) is 44.0 Å². The average Bonchev–Trinajstić information content (AvgIpc) is 2.58. The van der Waals surface area contributed by atoms with E-state index < -0.39 is 16.9 Å². The van der Waals surface area contributed by atoms with Gasteiger partial charge in [-0.1, -0.05) is 25.1 Å². The normalized spacial score (nSPS) is 20.7. The van der Waals surface area contributed by atoms with Crippen LogP contribution in [0.25, 0.3) is 0 Å². The summed E-state index contributed by atoms with van der Waals surface area (Å²) in [5.41, 5.74) is 0.583. The van der Waals surface area contributed by atoms with Crippen LogP contribution in [0.1, 0.15) is 18.9 Å². The molecule has 0 aromatic heterocycles. The van der Waals surface area contributed by atoms with Gasteiger partial charge in [0.05, 0.1) is 16.2 Å². The molecule has 0 aliphatic carbocycles. The minimum absolute atomic E-state index is 0.0545. The Bertz CT molecular complexity index is 676. The molecule has 0 bridgehead atoms. The quantitative estimate of drug-likeness (QED) is 0.313. The highest BCUT2D eigenvalue weighted by molar-refractivity contribution is 8.00. The molecule has 1 saturated heterocycles. The summed E-state index contributed by atoms with van der Waals surface area (Å²) in [5.74, 6) is -0.776. The molecule has 1 N–H and O–H groups in total. The summed E-state index contributed by atoms with van der Waals surface area (Å²) in [7, 11) is 0. The molecule has 1 fully saturated rings. The predicted molar refractivity (Wildman–Crippen MR) is 95.3 cm³/mol. The van der Waals surface area contributed by atoms with Crippen LogP contribution in [0, 0.1) is 16.0 Å². The number of carbonyl (C=O) groups is 2. The molecule has 8 heteroatoms. The summed E-state index contributed by atoms with van der Waals surface area (Å²) in [5, 5.41) is 20.1. The molecular weight excluding hydrogens is 344 g/mol. The smallest absolute Gasteiger partial charge is 0.326 e. The number of non-ortho nitro benzene ring substituents is 1. The average molecular weight is 364 g/mol. The van der Waals surface area contributed by atoms with Gasteiger partial charge in [0.1, 0.15) is 6.04 Å². The van der Waals surface area contributed by atoms with E-state index >= 15 is 0 Å². The number of nitro benzene ring substituents is 1. The van der Waals surface area contributed by atoms with Crippen molar-refractivity contribution in [2.75, 3.05) is 5.75 Å². The standard InChI is InChI=1S/C17H20N2O5S/c1-3-9-25-16-13(4-2)15(20)18(16)14(17(21)22)10-11-5-7-12(8-6-11)19(23)24/h3,5-8,13-14,16H,1,4,9-10H2,2H3,(H,21,22). The Morgan fingerprint density at radius 3 is 2.60 bits per heavy atom. The maximum atomic E-state index is 12.4. The number of likely N-dealkylation sites (tertiary alicyclic amines) is 1. The van der Waals surface area contributed by atoms with E-state index in [1.165, 1.54) is 40.9 Å². The van der Waals surface area contributed by atoms with Crippen LogP contribution < -0.4 is 0 Å². The lowest BCUT2D eigenvalue weighted by atomic mass is 9.91. The summed E-state index contributed by atoms with van der Waals surface area (Å²) in [4.78, 5) is 35.7. The van der Waals surface area contributed by atoms with Crippen molar-refractivity contribution in [2.45, 2.75) is 31.2 Å². The number of benzene rings is 1. The van der Waals surface area contributed by atoms with Crippen LogP contribution in [0.15, 0.2) is 36.9 Å². The zero-order chi connectivity index (χ0) is 18.6. The van der Waals surface area contributed by atoms with Gasteiger partial charge < -0.3 is 10.0 Å². The van der Waals surface area contributed by atoms with Gasteiger partial charge in [0.15, 0.2) is 0 Å². The third-order valence-electron chi connectivity index (χ3n) is 4.21. The Kier molecular flexibility index (Phi) is 6.19. The van der Waals surface area contributed by atoms with Crippen LogP contribution in [0.5, 0.6) is 0 Å². The van der Waals surface area contributed by atoms with Crippen LogP contribution in [-0.2, 0) is 16.0 Å².